The van der Waals surface area contributed by atoms with Crippen molar-refractivity contribution in [1.82, 2.24) is 0 Å². The number of hydrogen-bond donors (Lipinski definition) is 1. The van der Waals surface area contributed by atoms with Crippen molar-refractivity contribution in [3.05, 3.63) is 91.0 Å². The average molecular weight is 434 g/mol. The summed E-state index contributed by atoms with van der Waals surface area (Å²) < 4.78 is 5.76. The van der Waals surface area contributed by atoms with Crippen molar-refractivity contribution in [2.24, 2.45) is 0 Å². The van der Waals surface area contributed by atoms with Crippen LogP contribution in [0.2, 0.25) is 0 Å². The van der Waals surface area contributed by atoms with Crippen LogP contribution in [-0.4, -0.2) is 27.9 Å². The molecule has 0 spiro atoms. The van der Waals surface area contributed by atoms with E-state index in [1.54, 1.807) is 20.8 Å². The minimum absolute atomic E-state index is 0.276. The second-order valence-corrected chi connectivity index (χ2v) is 11.6. The lowest BCUT2D eigenvalue weighted by Crippen LogP contribution is -2.37. The van der Waals surface area contributed by atoms with Crippen molar-refractivity contribution < 1.29 is 19.4 Å². The maximum absolute atomic E-state index is 13.6. The van der Waals surface area contributed by atoms with Crippen LogP contribution >= 0.6 is 6.89 Å². The van der Waals surface area contributed by atoms with Crippen LogP contribution in [0.1, 0.15) is 27.2 Å². The van der Waals surface area contributed by atoms with Gasteiger partial charge in [0.05, 0.1) is 11.7 Å². The van der Waals surface area contributed by atoms with Crippen molar-refractivity contribution >= 4 is 40.0 Å². The van der Waals surface area contributed by atoms with Crippen LogP contribution in [0.5, 0.6) is 0 Å². The Morgan fingerprint density at radius 1 is 0.742 bits per heavy atom. The number of rotatable bonds is 6. The first-order chi connectivity index (χ1) is 14.7. The molecule has 0 saturated heterocycles. The first-order valence-corrected chi connectivity index (χ1v) is 11.9. The predicted octanol–water partition coefficient (Wildman–Crippen LogP) is 3.97. The number of esters is 1. The highest BCUT2D eigenvalue weighted by atomic mass is 31.2. The molecule has 3 rings (SSSR count). The van der Waals surface area contributed by atoms with E-state index in [1.165, 1.54) is 0 Å². The summed E-state index contributed by atoms with van der Waals surface area (Å²) in [4.78, 5) is 25.6. The molecular weight excluding hydrogens is 407 g/mol. The number of carboxylic acids is 1. The molecule has 0 bridgehead atoms. The molecule has 1 N–H and O–H groups in total. The van der Waals surface area contributed by atoms with Gasteiger partial charge in [0.2, 0.25) is 0 Å². The number of carbonyl (C=O) groups is 2. The fourth-order valence-corrected chi connectivity index (χ4v) is 8.06. The molecule has 160 valence electrons. The maximum Gasteiger partial charge on any atom is 0.336 e. The number of ether oxygens (including phenoxy) is 1. The molecule has 3 aromatic rings. The standard InChI is InChI=1S/C26H27O4P/c1-26(2,3)30-25(29)23(19-24(27)28)31(20-13-7-4-8-14-20,21-15-9-5-10-16-21)22-17-11-6-12-18-22/h4-18H,19H2,1-3H3,(H,27,28). The van der Waals surface area contributed by atoms with E-state index in [4.69, 9.17) is 4.74 Å². The number of carbonyl (C=O) groups excluding carboxylic acids is 1. The minimum Gasteiger partial charge on any atom is -0.481 e. The smallest absolute Gasteiger partial charge is 0.336 e. The van der Waals surface area contributed by atoms with Gasteiger partial charge in [-0.3, -0.25) is 4.79 Å². The summed E-state index contributed by atoms with van der Waals surface area (Å²) in [5, 5.41) is 12.8. The molecule has 0 saturated carbocycles. The number of hydrogen-bond acceptors (Lipinski definition) is 3. The highest BCUT2D eigenvalue weighted by Crippen LogP contribution is 2.47. The van der Waals surface area contributed by atoms with Gasteiger partial charge in [-0.1, -0.05) is 91.0 Å². The van der Waals surface area contributed by atoms with Crippen LogP contribution in [0, 0.1) is 0 Å². The summed E-state index contributed by atoms with van der Waals surface area (Å²) >= 11 is 0. The lowest BCUT2D eigenvalue weighted by molar-refractivity contribution is -0.147. The third-order valence-electron chi connectivity index (χ3n) is 4.79. The molecule has 0 fully saturated rings. The van der Waals surface area contributed by atoms with Gasteiger partial charge < -0.3 is 9.84 Å². The topological polar surface area (TPSA) is 63.6 Å². The molecule has 0 aliphatic carbocycles. The monoisotopic (exact) mass is 434 g/mol. The lowest BCUT2D eigenvalue weighted by atomic mass is 10.2. The van der Waals surface area contributed by atoms with E-state index < -0.39 is 30.8 Å². The van der Waals surface area contributed by atoms with Crippen LogP contribution < -0.4 is 15.9 Å². The Balaban J connectivity index is 2.56. The zero-order valence-electron chi connectivity index (χ0n) is 18.0. The van der Waals surface area contributed by atoms with Crippen LogP contribution in [0.4, 0.5) is 0 Å². The van der Waals surface area contributed by atoms with Crippen molar-refractivity contribution in [3.63, 3.8) is 0 Å². The van der Waals surface area contributed by atoms with E-state index in [0.29, 0.717) is 0 Å². The first-order valence-electron chi connectivity index (χ1n) is 10.1. The third-order valence-corrected chi connectivity index (χ3v) is 9.16. The second kappa shape index (κ2) is 9.36. The highest BCUT2D eigenvalue weighted by Gasteiger charge is 2.36. The van der Waals surface area contributed by atoms with Gasteiger partial charge >= 0.3 is 11.9 Å². The Morgan fingerprint density at radius 3 is 1.39 bits per heavy atom. The van der Waals surface area contributed by atoms with E-state index in [9.17, 15) is 14.7 Å². The Kier molecular flexibility index (Phi) is 6.82. The summed E-state index contributed by atoms with van der Waals surface area (Å²) in [5.41, 5.74) is -0.749. The summed E-state index contributed by atoms with van der Waals surface area (Å²) in [5.74, 6) is -1.63. The summed E-state index contributed by atoms with van der Waals surface area (Å²) in [7, 11) is 0. The van der Waals surface area contributed by atoms with Crippen molar-refractivity contribution in [3.8, 4) is 0 Å². The Morgan fingerprint density at radius 2 is 1.10 bits per heavy atom. The van der Waals surface area contributed by atoms with Crippen LogP contribution in [-0.2, 0) is 14.3 Å². The van der Waals surface area contributed by atoms with Gasteiger partial charge in [0.25, 0.3) is 0 Å². The van der Waals surface area contributed by atoms with E-state index in [-0.39, 0.29) is 5.29 Å². The van der Waals surface area contributed by atoms with Crippen molar-refractivity contribution in [2.75, 3.05) is 0 Å². The molecule has 0 atom stereocenters. The van der Waals surface area contributed by atoms with Gasteiger partial charge in [-0.25, -0.2) is 4.79 Å². The Bertz CT molecular complexity index is 995. The van der Waals surface area contributed by atoms with E-state index in [1.807, 2.05) is 91.0 Å². The Hall–Kier alpha value is -3.10. The van der Waals surface area contributed by atoms with Crippen molar-refractivity contribution in [1.29, 1.82) is 0 Å². The van der Waals surface area contributed by atoms with Gasteiger partial charge in [-0.05, 0) is 43.6 Å². The molecule has 0 unspecified atom stereocenters. The predicted molar refractivity (Wildman–Crippen MR) is 128 cm³/mol. The number of aliphatic carboxylic acids is 1. The molecule has 0 aliphatic rings. The second-order valence-electron chi connectivity index (χ2n) is 8.20. The van der Waals surface area contributed by atoms with E-state index in [0.717, 1.165) is 15.9 Å². The molecule has 31 heavy (non-hydrogen) atoms. The van der Waals surface area contributed by atoms with Gasteiger partial charge in [0.15, 0.2) is 0 Å². The molecular formula is C26H27O4P. The SMILES string of the molecule is CC(C)(C)OC(=O)C(CC(=O)O)=P(c1ccccc1)(c1ccccc1)c1ccccc1. The molecule has 3 aromatic carbocycles. The van der Waals surface area contributed by atoms with Crippen LogP contribution in [0.15, 0.2) is 91.0 Å². The largest absolute Gasteiger partial charge is 0.481 e. The number of carboxylic acid groups (broad SMARTS) is 1. The fraction of sp³-hybridized carbons (Fsp3) is 0.192. The normalized spacial score (nSPS) is 11.6. The Labute approximate surface area is 183 Å². The minimum atomic E-state index is -2.80. The molecule has 0 aromatic heterocycles. The lowest BCUT2D eigenvalue weighted by Gasteiger charge is -2.33. The molecule has 0 aliphatic heterocycles. The first kappa shape index (κ1) is 22.6. The summed E-state index contributed by atoms with van der Waals surface area (Å²) in [6.07, 6.45) is -0.401. The van der Waals surface area contributed by atoms with Gasteiger partial charge in [-0.15, -0.1) is 0 Å². The zero-order valence-corrected chi connectivity index (χ0v) is 18.9. The maximum atomic E-state index is 13.6. The summed E-state index contributed by atoms with van der Waals surface area (Å²) in [6, 6.07) is 29.1. The molecule has 0 amide bonds. The number of benzene rings is 3. The van der Waals surface area contributed by atoms with Crippen molar-refractivity contribution in [2.45, 2.75) is 32.8 Å². The highest BCUT2D eigenvalue weighted by molar-refractivity contribution is 7.96. The summed E-state index contributed by atoms with van der Waals surface area (Å²) in [6.45, 7) is 2.57. The average Bonchev–Trinajstić information content (AvgIpc) is 2.74. The van der Waals surface area contributed by atoms with E-state index >= 15 is 0 Å². The fourth-order valence-electron chi connectivity index (χ4n) is 3.68. The van der Waals surface area contributed by atoms with Crippen LogP contribution in [0.25, 0.3) is 0 Å². The van der Waals surface area contributed by atoms with Crippen LogP contribution in [0.3, 0.4) is 0 Å². The van der Waals surface area contributed by atoms with Gasteiger partial charge in [0.1, 0.15) is 5.60 Å². The van der Waals surface area contributed by atoms with Gasteiger partial charge in [0, 0.05) is 0 Å². The molecule has 0 radical (unpaired) electrons. The quantitative estimate of drug-likeness (QED) is 0.471. The zero-order chi connectivity index (χ0) is 22.5. The third kappa shape index (κ3) is 4.98. The molecule has 5 heteroatoms. The van der Waals surface area contributed by atoms with E-state index in [2.05, 4.69) is 0 Å². The molecule has 0 heterocycles. The molecule has 4 nitrogen and oxygen atoms in total. The van der Waals surface area contributed by atoms with Gasteiger partial charge in [-0.2, -0.15) is 0 Å².